The number of aromatic nitrogens is 4. The van der Waals surface area contributed by atoms with E-state index in [1.54, 1.807) is 0 Å². The van der Waals surface area contributed by atoms with E-state index in [1.165, 1.54) is 11.3 Å². The molecule has 0 fully saturated rings. The minimum absolute atomic E-state index is 0.726. The molecule has 0 spiro atoms. The van der Waals surface area contributed by atoms with E-state index in [1.807, 2.05) is 28.8 Å². The molecular weight excluding hydrogens is 306 g/mol. The zero-order valence-corrected chi connectivity index (χ0v) is 13.5. The lowest BCUT2D eigenvalue weighted by Gasteiger charge is -2.15. The predicted molar refractivity (Wildman–Crippen MR) is 85.7 cm³/mol. The van der Waals surface area contributed by atoms with Crippen LogP contribution in [0.3, 0.4) is 0 Å². The fourth-order valence-electron chi connectivity index (χ4n) is 2.11. The Morgan fingerprint density at radius 2 is 1.86 bits per heavy atom. The van der Waals surface area contributed by atoms with Gasteiger partial charge in [0, 0.05) is 10.6 Å². The van der Waals surface area contributed by atoms with Crippen molar-refractivity contribution in [3.05, 3.63) is 35.1 Å². The number of hydrogen-bond donors (Lipinski definition) is 0. The van der Waals surface area contributed by atoms with Crippen molar-refractivity contribution in [3.8, 4) is 10.6 Å². The van der Waals surface area contributed by atoms with Gasteiger partial charge in [-0.05, 0) is 25.2 Å². The number of fused-ring (bicyclic) bond motifs is 1. The van der Waals surface area contributed by atoms with Crippen LogP contribution in [-0.2, 0) is 6.54 Å². The first-order valence-corrected chi connectivity index (χ1v) is 8.10. The lowest BCUT2D eigenvalue weighted by Crippen LogP contribution is -2.23. The number of nitrogens with zero attached hydrogens (tertiary/aromatic N) is 5. The Labute approximate surface area is 132 Å². The second-order valence-corrected chi connectivity index (χ2v) is 6.08. The Bertz CT molecular complexity index is 729. The Morgan fingerprint density at radius 1 is 1.14 bits per heavy atom. The van der Waals surface area contributed by atoms with Gasteiger partial charge < -0.3 is 0 Å². The molecule has 0 aliphatic carbocycles. The fourth-order valence-corrected chi connectivity index (χ4v) is 3.10. The van der Waals surface area contributed by atoms with E-state index in [0.717, 1.165) is 46.0 Å². The van der Waals surface area contributed by atoms with Gasteiger partial charge in [0.15, 0.2) is 5.82 Å². The maximum Gasteiger partial charge on any atom is 0.235 e. The third kappa shape index (κ3) is 2.92. The van der Waals surface area contributed by atoms with Gasteiger partial charge in [-0.15, -0.1) is 10.2 Å². The summed E-state index contributed by atoms with van der Waals surface area (Å²) >= 11 is 7.46. The molecule has 2 aromatic heterocycles. The standard InChI is InChI=1S/C14H16ClN5S/c1-3-19(4-2)9-12-16-17-14-20(12)18-13(21-14)10-5-7-11(15)8-6-10/h5-8H,3-4,9H2,1-2H3. The number of halogens is 1. The lowest BCUT2D eigenvalue weighted by molar-refractivity contribution is 0.286. The highest BCUT2D eigenvalue weighted by molar-refractivity contribution is 7.19. The second-order valence-electron chi connectivity index (χ2n) is 4.69. The first kappa shape index (κ1) is 14.4. The van der Waals surface area contributed by atoms with Crippen LogP contribution in [0.4, 0.5) is 0 Å². The third-order valence-corrected chi connectivity index (χ3v) is 4.61. The molecule has 0 aliphatic heterocycles. The molecule has 0 amide bonds. The third-order valence-electron chi connectivity index (χ3n) is 3.41. The van der Waals surface area contributed by atoms with Gasteiger partial charge in [0.25, 0.3) is 0 Å². The molecule has 3 rings (SSSR count). The SMILES string of the molecule is CCN(CC)Cc1nnc2sc(-c3ccc(Cl)cc3)nn12. The Morgan fingerprint density at radius 3 is 2.52 bits per heavy atom. The molecule has 0 saturated heterocycles. The summed E-state index contributed by atoms with van der Waals surface area (Å²) in [6, 6.07) is 7.68. The Hall–Kier alpha value is -1.50. The monoisotopic (exact) mass is 321 g/mol. The molecule has 0 aliphatic rings. The van der Waals surface area contributed by atoms with Crippen molar-refractivity contribution >= 4 is 27.9 Å². The Kier molecular flexibility index (Phi) is 4.19. The van der Waals surface area contributed by atoms with Crippen LogP contribution < -0.4 is 0 Å². The van der Waals surface area contributed by atoms with Crippen LogP contribution in [0, 0.1) is 0 Å². The quantitative estimate of drug-likeness (QED) is 0.723. The zero-order chi connectivity index (χ0) is 14.8. The van der Waals surface area contributed by atoms with Crippen LogP contribution in [0.1, 0.15) is 19.7 Å². The minimum Gasteiger partial charge on any atom is -0.296 e. The molecule has 0 atom stereocenters. The molecule has 110 valence electrons. The van der Waals surface area contributed by atoms with Crippen molar-refractivity contribution in [2.24, 2.45) is 0 Å². The summed E-state index contributed by atoms with van der Waals surface area (Å²) in [7, 11) is 0. The lowest BCUT2D eigenvalue weighted by atomic mass is 10.2. The average Bonchev–Trinajstić information content (AvgIpc) is 3.07. The predicted octanol–water partition coefficient (Wildman–Crippen LogP) is 3.35. The summed E-state index contributed by atoms with van der Waals surface area (Å²) in [5, 5.41) is 14.7. The summed E-state index contributed by atoms with van der Waals surface area (Å²) in [5.41, 5.74) is 1.05. The van der Waals surface area contributed by atoms with E-state index >= 15 is 0 Å². The highest BCUT2D eigenvalue weighted by atomic mass is 35.5. The van der Waals surface area contributed by atoms with Gasteiger partial charge in [0.2, 0.25) is 4.96 Å². The molecule has 0 N–H and O–H groups in total. The smallest absolute Gasteiger partial charge is 0.235 e. The van der Waals surface area contributed by atoms with Crippen molar-refractivity contribution in [2.75, 3.05) is 13.1 Å². The summed E-state index contributed by atoms with van der Waals surface area (Å²) in [4.78, 5) is 3.11. The summed E-state index contributed by atoms with van der Waals surface area (Å²) in [6.07, 6.45) is 0. The van der Waals surface area contributed by atoms with Crippen LogP contribution in [0.15, 0.2) is 24.3 Å². The van der Waals surface area contributed by atoms with Gasteiger partial charge in [0.05, 0.1) is 6.54 Å². The van der Waals surface area contributed by atoms with E-state index in [9.17, 15) is 0 Å². The largest absolute Gasteiger partial charge is 0.296 e. The van der Waals surface area contributed by atoms with E-state index in [2.05, 4.69) is 34.0 Å². The minimum atomic E-state index is 0.726. The van der Waals surface area contributed by atoms with Crippen molar-refractivity contribution in [1.29, 1.82) is 0 Å². The molecule has 0 radical (unpaired) electrons. The molecule has 1 aromatic carbocycles. The van der Waals surface area contributed by atoms with E-state index in [-0.39, 0.29) is 0 Å². The first-order chi connectivity index (χ1) is 10.2. The van der Waals surface area contributed by atoms with E-state index < -0.39 is 0 Å². The summed E-state index contributed by atoms with van der Waals surface area (Å²) in [6.45, 7) is 7.01. The van der Waals surface area contributed by atoms with Crippen LogP contribution in [0.25, 0.3) is 15.5 Å². The summed E-state index contributed by atoms with van der Waals surface area (Å²) < 4.78 is 1.84. The second kappa shape index (κ2) is 6.09. The maximum absolute atomic E-state index is 5.92. The van der Waals surface area contributed by atoms with Crippen molar-refractivity contribution in [3.63, 3.8) is 0 Å². The van der Waals surface area contributed by atoms with Crippen LogP contribution in [0.2, 0.25) is 5.02 Å². The zero-order valence-electron chi connectivity index (χ0n) is 12.0. The molecule has 7 heteroatoms. The molecule has 3 aromatic rings. The fraction of sp³-hybridized carbons (Fsp3) is 0.357. The van der Waals surface area contributed by atoms with Gasteiger partial charge in [-0.2, -0.15) is 9.61 Å². The molecule has 5 nitrogen and oxygen atoms in total. The maximum atomic E-state index is 5.92. The number of hydrogen-bond acceptors (Lipinski definition) is 5. The molecular formula is C14H16ClN5S. The van der Waals surface area contributed by atoms with E-state index in [0.29, 0.717) is 0 Å². The average molecular weight is 322 g/mol. The first-order valence-electron chi connectivity index (χ1n) is 6.90. The van der Waals surface area contributed by atoms with E-state index in [4.69, 9.17) is 11.6 Å². The highest BCUT2D eigenvalue weighted by Crippen LogP contribution is 2.26. The van der Waals surface area contributed by atoms with Gasteiger partial charge in [0.1, 0.15) is 5.01 Å². The van der Waals surface area contributed by atoms with Crippen molar-refractivity contribution < 1.29 is 0 Å². The van der Waals surface area contributed by atoms with Crippen LogP contribution in [-0.4, -0.2) is 37.8 Å². The summed E-state index contributed by atoms with van der Waals surface area (Å²) in [5.74, 6) is 0.880. The molecule has 21 heavy (non-hydrogen) atoms. The number of benzene rings is 1. The van der Waals surface area contributed by atoms with Gasteiger partial charge in [-0.3, -0.25) is 4.90 Å². The highest BCUT2D eigenvalue weighted by Gasteiger charge is 2.14. The van der Waals surface area contributed by atoms with Crippen molar-refractivity contribution in [2.45, 2.75) is 20.4 Å². The molecule has 0 saturated carbocycles. The van der Waals surface area contributed by atoms with Crippen LogP contribution >= 0.6 is 22.9 Å². The molecule has 2 heterocycles. The normalized spacial score (nSPS) is 11.6. The number of rotatable bonds is 5. The topological polar surface area (TPSA) is 46.3 Å². The van der Waals surface area contributed by atoms with Gasteiger partial charge in [-0.25, -0.2) is 0 Å². The van der Waals surface area contributed by atoms with Gasteiger partial charge >= 0.3 is 0 Å². The van der Waals surface area contributed by atoms with Crippen LogP contribution in [0.5, 0.6) is 0 Å². The van der Waals surface area contributed by atoms with Gasteiger partial charge in [-0.1, -0.05) is 48.9 Å². The van der Waals surface area contributed by atoms with Crippen molar-refractivity contribution in [1.82, 2.24) is 24.7 Å². The Balaban J connectivity index is 1.93. The molecule has 0 unspecified atom stereocenters. The molecule has 0 bridgehead atoms.